The van der Waals surface area contributed by atoms with Crippen LogP contribution in [0.1, 0.15) is 27.2 Å². The van der Waals surface area contributed by atoms with E-state index in [1.165, 1.54) is 0 Å². The summed E-state index contributed by atoms with van der Waals surface area (Å²) < 4.78 is 6.18. The molecule has 0 aromatic heterocycles. The van der Waals surface area contributed by atoms with E-state index in [1.54, 1.807) is 0 Å². The molecule has 156 valence electrons. The lowest BCUT2D eigenvalue weighted by atomic mass is 9.88. The molecule has 6 nitrogen and oxygen atoms in total. The molecule has 3 unspecified atom stereocenters. The zero-order valence-electron chi connectivity index (χ0n) is 17.8. The first-order valence-corrected chi connectivity index (χ1v) is 10.7. The van der Waals surface area contributed by atoms with E-state index in [0.717, 1.165) is 51.4 Å². The van der Waals surface area contributed by atoms with Crippen LogP contribution in [0, 0.1) is 17.9 Å². The minimum Gasteiger partial charge on any atom is -0.385 e. The molecule has 3 aliphatic rings. The van der Waals surface area contributed by atoms with Crippen LogP contribution in [0.4, 0.5) is 11.4 Å². The molecule has 1 aromatic rings. The second kappa shape index (κ2) is 7.71. The Balaban J connectivity index is 1.22. The highest BCUT2D eigenvalue weighted by molar-refractivity contribution is 5.85. The van der Waals surface area contributed by atoms with Gasteiger partial charge in [0.15, 0.2) is 11.5 Å². The molecule has 3 fully saturated rings. The van der Waals surface area contributed by atoms with Crippen molar-refractivity contribution in [1.82, 2.24) is 9.80 Å². The van der Waals surface area contributed by atoms with Crippen molar-refractivity contribution in [2.45, 2.75) is 38.9 Å². The highest BCUT2D eigenvalue weighted by Crippen LogP contribution is 2.51. The molecule has 29 heavy (non-hydrogen) atoms. The number of anilines is 1. The Morgan fingerprint density at radius 1 is 1.24 bits per heavy atom. The highest BCUT2D eigenvalue weighted by atomic mass is 16.6. The van der Waals surface area contributed by atoms with Crippen molar-refractivity contribution in [1.29, 1.82) is 0 Å². The molecule has 0 aliphatic carbocycles. The number of hydrogen-bond acceptors (Lipinski definition) is 5. The zero-order chi connectivity index (χ0) is 20.6. The van der Waals surface area contributed by atoms with Gasteiger partial charge in [-0.15, -0.1) is 0 Å². The maximum atomic E-state index is 12.4. The second-order valence-corrected chi connectivity index (χ2v) is 9.80. The number of epoxide rings is 1. The van der Waals surface area contributed by atoms with Crippen molar-refractivity contribution >= 4 is 17.2 Å². The van der Waals surface area contributed by atoms with E-state index in [4.69, 9.17) is 11.3 Å². The number of carbonyl (C=O) groups is 1. The molecule has 0 bridgehead atoms. The molecule has 0 saturated carbocycles. The summed E-state index contributed by atoms with van der Waals surface area (Å²) in [6.07, 6.45) is 1.41. The molecule has 1 spiro atoms. The molecule has 1 N–H and O–H groups in total. The fourth-order valence-corrected chi connectivity index (χ4v) is 4.70. The smallest absolute Gasteiger partial charge is 0.187 e. The van der Waals surface area contributed by atoms with E-state index in [0.29, 0.717) is 30.0 Å². The van der Waals surface area contributed by atoms with Gasteiger partial charge in [-0.3, -0.25) is 9.69 Å². The van der Waals surface area contributed by atoms with Crippen LogP contribution < -0.4 is 5.32 Å². The van der Waals surface area contributed by atoms with Crippen molar-refractivity contribution < 1.29 is 9.53 Å². The van der Waals surface area contributed by atoms with Crippen LogP contribution in [-0.2, 0) is 9.53 Å². The van der Waals surface area contributed by atoms with Crippen LogP contribution in [0.25, 0.3) is 4.85 Å². The minimum atomic E-state index is -0.273. The van der Waals surface area contributed by atoms with E-state index in [-0.39, 0.29) is 11.0 Å². The van der Waals surface area contributed by atoms with Gasteiger partial charge in [0, 0.05) is 49.7 Å². The summed E-state index contributed by atoms with van der Waals surface area (Å²) in [6, 6.07) is 7.62. The summed E-state index contributed by atoms with van der Waals surface area (Å²) in [5, 5.41) is 3.44. The lowest BCUT2D eigenvalue weighted by Gasteiger charge is -2.31. The number of Topliss-reactive ketones (excluding diaryl/α,β-unsaturated/α-hetero) is 1. The predicted octanol–water partition coefficient (Wildman–Crippen LogP) is 3.04. The molecular formula is C23H32N4O2. The third-order valence-corrected chi connectivity index (χ3v) is 6.57. The highest BCUT2D eigenvalue weighted by Gasteiger charge is 2.67. The SMILES string of the molecule is [C-]#[N+]c1ccc(NCCCN2CC3CN(CC(=O)C(C)(C)C)CC34OC4C2)cc1. The van der Waals surface area contributed by atoms with Crippen LogP contribution in [-0.4, -0.2) is 73.1 Å². The fraction of sp³-hybridized carbons (Fsp3) is 0.652. The predicted molar refractivity (Wildman–Crippen MR) is 114 cm³/mol. The van der Waals surface area contributed by atoms with E-state index in [2.05, 4.69) is 20.0 Å². The van der Waals surface area contributed by atoms with Crippen molar-refractivity contribution in [3.63, 3.8) is 0 Å². The van der Waals surface area contributed by atoms with Crippen LogP contribution in [0.3, 0.4) is 0 Å². The minimum absolute atomic E-state index is 0.0254. The average molecular weight is 397 g/mol. The lowest BCUT2D eigenvalue weighted by molar-refractivity contribution is -0.127. The maximum absolute atomic E-state index is 12.4. The lowest BCUT2D eigenvalue weighted by Crippen LogP contribution is -2.46. The van der Waals surface area contributed by atoms with Crippen molar-refractivity contribution in [3.05, 3.63) is 35.7 Å². The number of ether oxygens (including phenoxy) is 1. The summed E-state index contributed by atoms with van der Waals surface area (Å²) in [6.45, 7) is 19.5. The van der Waals surface area contributed by atoms with Crippen LogP contribution in [0.5, 0.6) is 0 Å². The summed E-state index contributed by atoms with van der Waals surface area (Å²) in [5.74, 6) is 0.834. The summed E-state index contributed by atoms with van der Waals surface area (Å²) in [7, 11) is 0. The van der Waals surface area contributed by atoms with Crippen molar-refractivity contribution in [3.8, 4) is 0 Å². The van der Waals surface area contributed by atoms with Crippen molar-refractivity contribution in [2.24, 2.45) is 11.3 Å². The van der Waals surface area contributed by atoms with E-state index in [1.807, 2.05) is 45.0 Å². The third-order valence-electron chi connectivity index (χ3n) is 6.57. The largest absolute Gasteiger partial charge is 0.385 e. The van der Waals surface area contributed by atoms with Gasteiger partial charge in [-0.25, -0.2) is 4.85 Å². The Labute approximate surface area is 174 Å². The summed E-state index contributed by atoms with van der Waals surface area (Å²) >= 11 is 0. The fourth-order valence-electron chi connectivity index (χ4n) is 4.70. The number of carbonyl (C=O) groups excluding carboxylic acids is 1. The molecule has 6 heteroatoms. The second-order valence-electron chi connectivity index (χ2n) is 9.80. The van der Waals surface area contributed by atoms with Gasteiger partial charge in [0.25, 0.3) is 0 Å². The van der Waals surface area contributed by atoms with Crippen LogP contribution >= 0.6 is 0 Å². The molecule has 4 rings (SSSR count). The van der Waals surface area contributed by atoms with E-state index in [9.17, 15) is 4.79 Å². The van der Waals surface area contributed by atoms with Gasteiger partial charge in [0.2, 0.25) is 0 Å². The quantitative estimate of drug-likeness (QED) is 0.436. The summed E-state index contributed by atoms with van der Waals surface area (Å²) in [4.78, 5) is 20.7. The van der Waals surface area contributed by atoms with Gasteiger partial charge >= 0.3 is 0 Å². The number of nitrogens with zero attached hydrogens (tertiary/aromatic N) is 3. The van der Waals surface area contributed by atoms with Gasteiger partial charge in [-0.1, -0.05) is 32.9 Å². The van der Waals surface area contributed by atoms with Crippen molar-refractivity contribution in [2.75, 3.05) is 51.1 Å². The Bertz CT molecular complexity index is 795. The first-order chi connectivity index (χ1) is 13.8. The van der Waals surface area contributed by atoms with E-state index >= 15 is 0 Å². The number of benzene rings is 1. The molecule has 3 atom stereocenters. The third kappa shape index (κ3) is 4.32. The first kappa shape index (κ1) is 20.3. The molecule has 3 saturated heterocycles. The normalized spacial score (nSPS) is 29.0. The Morgan fingerprint density at radius 3 is 2.66 bits per heavy atom. The van der Waals surface area contributed by atoms with Crippen LogP contribution in [0.15, 0.2) is 24.3 Å². The maximum Gasteiger partial charge on any atom is 0.187 e. The molecule has 1 aromatic carbocycles. The Hall–Kier alpha value is -1.94. The molecule has 3 aliphatic heterocycles. The molecule has 0 amide bonds. The topological polar surface area (TPSA) is 52.5 Å². The average Bonchev–Trinajstić information content (AvgIpc) is 3.27. The number of piperidine rings is 1. The van der Waals surface area contributed by atoms with Gasteiger partial charge < -0.3 is 15.0 Å². The Morgan fingerprint density at radius 2 is 1.97 bits per heavy atom. The number of nitrogens with one attached hydrogen (secondary N) is 1. The molecular weight excluding hydrogens is 364 g/mol. The molecule has 3 heterocycles. The molecule has 0 radical (unpaired) electrons. The number of rotatable bonds is 7. The first-order valence-electron chi connectivity index (χ1n) is 10.7. The number of hydrogen-bond donors (Lipinski definition) is 1. The van der Waals surface area contributed by atoms with E-state index < -0.39 is 0 Å². The number of likely N-dealkylation sites (tertiary alicyclic amines) is 2. The standard InChI is InChI=1S/C23H32N4O2/c1-22(2,3)20(28)14-27-13-17-12-26(15-21-23(17,16-27)29-21)11-5-10-25-19-8-6-18(24-4)7-9-19/h6-9,17,21,25H,5,10-16H2,1-3H3. The Kier molecular flexibility index (Phi) is 5.41. The van der Waals surface area contributed by atoms with Gasteiger partial charge in [0.1, 0.15) is 11.7 Å². The monoisotopic (exact) mass is 396 g/mol. The zero-order valence-corrected chi connectivity index (χ0v) is 17.8. The van der Waals surface area contributed by atoms with Gasteiger partial charge in [-0.2, -0.15) is 0 Å². The number of ketones is 1. The van der Waals surface area contributed by atoms with Gasteiger partial charge in [-0.05, 0) is 25.1 Å². The summed E-state index contributed by atoms with van der Waals surface area (Å²) in [5.41, 5.74) is 1.49. The van der Waals surface area contributed by atoms with Crippen LogP contribution in [0.2, 0.25) is 0 Å². The van der Waals surface area contributed by atoms with Gasteiger partial charge in [0.05, 0.1) is 13.1 Å².